The zero-order valence-electron chi connectivity index (χ0n) is 13.3. The van der Waals surface area contributed by atoms with E-state index in [0.717, 1.165) is 5.56 Å². The van der Waals surface area contributed by atoms with Crippen LogP contribution in [0.3, 0.4) is 0 Å². The number of carbonyl (C=O) groups excluding carboxylic acids is 1. The Hall–Kier alpha value is -2.26. The first kappa shape index (κ1) is 18.1. The molecule has 0 fully saturated rings. The topological polar surface area (TPSA) is 107 Å². The fraction of sp³-hybridized carbons (Fsp3) is 0.357. The lowest BCUT2D eigenvalue weighted by Crippen LogP contribution is -2.20. The quantitative estimate of drug-likeness (QED) is 0.612. The number of rotatable bonds is 8. The number of amides is 1. The number of aryl methyl sites for hydroxylation is 1. The highest BCUT2D eigenvalue weighted by molar-refractivity contribution is 7.71. The minimum absolute atomic E-state index is 0.277. The third-order valence-corrected chi connectivity index (χ3v) is 3.56. The molecular formula is C14H18ClN5O3S. The maximum Gasteiger partial charge on any atom is 0.255 e. The molecule has 130 valence electrons. The van der Waals surface area contributed by atoms with E-state index < -0.39 is 5.91 Å². The Kier molecular flexibility index (Phi) is 6.04. The van der Waals surface area contributed by atoms with Crippen LogP contribution in [0.5, 0.6) is 11.5 Å². The molecule has 0 saturated carbocycles. The molecule has 2 aromatic rings. The average molecular weight is 372 g/mol. The number of nitrogens with two attached hydrogens (primary N) is 1. The highest BCUT2D eigenvalue weighted by Gasteiger charge is 2.14. The summed E-state index contributed by atoms with van der Waals surface area (Å²) < 4.78 is 13.0. The van der Waals surface area contributed by atoms with Gasteiger partial charge in [-0.2, -0.15) is 5.10 Å². The highest BCUT2D eigenvalue weighted by Crippen LogP contribution is 2.36. The van der Waals surface area contributed by atoms with E-state index in [9.17, 15) is 4.79 Å². The van der Waals surface area contributed by atoms with Crippen LogP contribution in [0.2, 0.25) is 5.02 Å². The largest absolute Gasteiger partial charge is 0.490 e. The van der Waals surface area contributed by atoms with Gasteiger partial charge in [-0.3, -0.25) is 9.89 Å². The number of hydrogen-bond donors (Lipinski definition) is 3. The van der Waals surface area contributed by atoms with Gasteiger partial charge in [0.1, 0.15) is 5.82 Å². The second-order valence-corrected chi connectivity index (χ2v) is 5.63. The summed E-state index contributed by atoms with van der Waals surface area (Å²) in [6, 6.07) is 3.49. The zero-order valence-corrected chi connectivity index (χ0v) is 14.8. The Morgan fingerprint density at radius 2 is 2.25 bits per heavy atom. The minimum Gasteiger partial charge on any atom is -0.490 e. The molecule has 4 N–H and O–H groups in total. The van der Waals surface area contributed by atoms with Crippen LogP contribution in [0, 0.1) is 11.7 Å². The number of H-pyrrole nitrogens is 1. The number of aromatic amines is 1. The first-order valence-corrected chi connectivity index (χ1v) is 7.95. The monoisotopic (exact) mass is 371 g/mol. The number of ether oxygens (including phenoxy) is 2. The average Bonchev–Trinajstić information content (AvgIpc) is 2.83. The molecular weight excluding hydrogens is 354 g/mol. The number of halogens is 1. The molecule has 10 heteroatoms. The lowest BCUT2D eigenvalue weighted by molar-refractivity contribution is -0.119. The summed E-state index contributed by atoms with van der Waals surface area (Å²) in [5.41, 5.74) is 9.07. The van der Waals surface area contributed by atoms with Crippen LogP contribution >= 0.6 is 23.8 Å². The van der Waals surface area contributed by atoms with Gasteiger partial charge in [-0.05, 0) is 43.8 Å². The molecule has 0 saturated heterocycles. The van der Waals surface area contributed by atoms with Gasteiger partial charge in [0.2, 0.25) is 4.77 Å². The highest BCUT2D eigenvalue weighted by atomic mass is 35.5. The van der Waals surface area contributed by atoms with Crippen molar-refractivity contribution < 1.29 is 14.3 Å². The molecule has 8 nitrogen and oxygen atoms in total. The molecule has 1 heterocycles. The van der Waals surface area contributed by atoms with Gasteiger partial charge in [0.05, 0.1) is 18.2 Å². The van der Waals surface area contributed by atoms with Gasteiger partial charge in [0, 0.05) is 0 Å². The van der Waals surface area contributed by atoms with Crippen molar-refractivity contribution in [3.8, 4) is 11.5 Å². The molecule has 0 aliphatic heterocycles. The van der Waals surface area contributed by atoms with Gasteiger partial charge in [-0.15, -0.1) is 0 Å². The van der Waals surface area contributed by atoms with E-state index in [1.165, 1.54) is 0 Å². The molecule has 0 atom stereocenters. The number of carbonyl (C=O) groups is 1. The fourth-order valence-corrected chi connectivity index (χ4v) is 2.53. The van der Waals surface area contributed by atoms with Crippen LogP contribution in [0.15, 0.2) is 12.1 Å². The van der Waals surface area contributed by atoms with E-state index in [1.807, 2.05) is 13.8 Å². The van der Waals surface area contributed by atoms with Crippen molar-refractivity contribution in [1.29, 1.82) is 0 Å². The molecule has 1 aromatic carbocycles. The van der Waals surface area contributed by atoms with Gasteiger partial charge in [0.25, 0.3) is 5.91 Å². The van der Waals surface area contributed by atoms with Crippen LogP contribution in [-0.4, -0.2) is 34.0 Å². The van der Waals surface area contributed by atoms with Crippen LogP contribution in [-0.2, 0) is 11.3 Å². The Balaban J connectivity index is 2.21. The van der Waals surface area contributed by atoms with Crippen molar-refractivity contribution in [2.45, 2.75) is 20.4 Å². The molecule has 1 aromatic heterocycles. The van der Waals surface area contributed by atoms with E-state index in [-0.39, 0.29) is 12.4 Å². The summed E-state index contributed by atoms with van der Waals surface area (Å²) in [5.74, 6) is 0.842. The fourth-order valence-electron chi connectivity index (χ4n) is 2.00. The van der Waals surface area contributed by atoms with Crippen LogP contribution in [0.25, 0.3) is 0 Å². The van der Waals surface area contributed by atoms with Gasteiger partial charge in [0.15, 0.2) is 18.1 Å². The molecule has 1 amide bonds. The normalized spacial score (nSPS) is 10.5. The van der Waals surface area contributed by atoms with Crippen LogP contribution in [0.4, 0.5) is 0 Å². The summed E-state index contributed by atoms with van der Waals surface area (Å²) >= 11 is 11.4. The maximum atomic E-state index is 10.9. The van der Waals surface area contributed by atoms with Gasteiger partial charge >= 0.3 is 0 Å². The van der Waals surface area contributed by atoms with E-state index >= 15 is 0 Å². The van der Waals surface area contributed by atoms with Crippen molar-refractivity contribution >= 4 is 29.7 Å². The van der Waals surface area contributed by atoms with Crippen LogP contribution in [0.1, 0.15) is 18.3 Å². The number of nitrogens with zero attached hydrogens (tertiary/aromatic N) is 2. The second kappa shape index (κ2) is 8.02. The smallest absolute Gasteiger partial charge is 0.255 e. The summed E-state index contributed by atoms with van der Waals surface area (Å²) in [6.07, 6.45) is 0. The van der Waals surface area contributed by atoms with E-state index in [4.69, 9.17) is 39.0 Å². The number of hydrogen-bond acceptors (Lipinski definition) is 6. The maximum absolute atomic E-state index is 10.9. The Morgan fingerprint density at radius 3 is 2.83 bits per heavy atom. The predicted molar refractivity (Wildman–Crippen MR) is 92.5 cm³/mol. The van der Waals surface area contributed by atoms with Crippen molar-refractivity contribution in [3.05, 3.63) is 33.3 Å². The van der Waals surface area contributed by atoms with Crippen molar-refractivity contribution in [3.63, 3.8) is 0 Å². The van der Waals surface area contributed by atoms with Crippen molar-refractivity contribution in [2.24, 2.45) is 5.73 Å². The Labute approximate surface area is 148 Å². The van der Waals surface area contributed by atoms with Crippen molar-refractivity contribution in [1.82, 2.24) is 14.9 Å². The predicted octanol–water partition coefficient (Wildman–Crippen LogP) is 1.91. The second-order valence-electron chi connectivity index (χ2n) is 4.84. The first-order valence-electron chi connectivity index (χ1n) is 7.16. The SMILES string of the molecule is CCOc1cc(CNn2c(C)n[nH]c2=S)cc(Cl)c1OCC(N)=O. The van der Waals surface area contributed by atoms with E-state index in [1.54, 1.807) is 16.8 Å². The molecule has 24 heavy (non-hydrogen) atoms. The number of primary amides is 1. The van der Waals surface area contributed by atoms with Gasteiger partial charge in [-0.1, -0.05) is 11.6 Å². The Bertz CT molecular complexity index is 789. The molecule has 0 radical (unpaired) electrons. The zero-order chi connectivity index (χ0) is 17.7. The van der Waals surface area contributed by atoms with Crippen molar-refractivity contribution in [2.75, 3.05) is 18.6 Å². The molecule has 0 bridgehead atoms. The standard InChI is InChI=1S/C14H18ClN5O3S/c1-3-22-11-5-9(4-10(15)13(11)23-7-12(16)21)6-17-20-8(2)18-19-14(20)24/h4-5,17H,3,6-7H2,1-2H3,(H2,16,21)(H,19,24). The number of aromatic nitrogens is 3. The first-order chi connectivity index (χ1) is 11.4. The Morgan fingerprint density at radius 1 is 1.50 bits per heavy atom. The molecule has 2 rings (SSSR count). The molecule has 0 aliphatic carbocycles. The lowest BCUT2D eigenvalue weighted by atomic mass is 10.2. The van der Waals surface area contributed by atoms with Crippen LogP contribution < -0.4 is 20.6 Å². The lowest BCUT2D eigenvalue weighted by Gasteiger charge is -2.15. The van der Waals surface area contributed by atoms with Gasteiger partial charge in [-0.25, -0.2) is 4.68 Å². The van der Waals surface area contributed by atoms with Gasteiger partial charge < -0.3 is 20.6 Å². The summed E-state index contributed by atoms with van der Waals surface area (Å²) in [5, 5.41) is 7.03. The summed E-state index contributed by atoms with van der Waals surface area (Å²) in [6.45, 7) is 4.24. The third-order valence-electron chi connectivity index (χ3n) is 3.01. The molecule has 0 spiro atoms. The molecule has 0 aliphatic rings. The van der Waals surface area contributed by atoms with E-state index in [0.29, 0.717) is 34.5 Å². The summed E-state index contributed by atoms with van der Waals surface area (Å²) in [7, 11) is 0. The number of nitrogens with one attached hydrogen (secondary N) is 2. The minimum atomic E-state index is -0.593. The summed E-state index contributed by atoms with van der Waals surface area (Å²) in [4.78, 5) is 10.9. The third kappa shape index (κ3) is 4.39. The van der Waals surface area contributed by atoms with E-state index in [2.05, 4.69) is 15.6 Å². The number of benzene rings is 1. The molecule has 0 unspecified atom stereocenters.